The number of halogens is 1. The number of rotatable bonds is 3. The number of hydrogen-bond donors (Lipinski definition) is 1. The van der Waals surface area contributed by atoms with Crippen LogP contribution < -0.4 is 0 Å². The Bertz CT molecular complexity index is 639. The second-order valence-corrected chi connectivity index (χ2v) is 4.71. The van der Waals surface area contributed by atoms with Crippen LogP contribution >= 0.6 is 15.9 Å². The molecule has 3 nitrogen and oxygen atoms in total. The molecule has 0 bridgehead atoms. The lowest BCUT2D eigenvalue weighted by Crippen LogP contribution is -1.99. The summed E-state index contributed by atoms with van der Waals surface area (Å²) in [4.78, 5) is 7.45. The molecule has 86 valence electrons. The Hall–Kier alpha value is -1.55. The molecule has 0 unspecified atom stereocenters. The van der Waals surface area contributed by atoms with Crippen molar-refractivity contribution in [2.45, 2.75) is 13.0 Å². The van der Waals surface area contributed by atoms with Gasteiger partial charge in [0.05, 0.1) is 0 Å². The fourth-order valence-corrected chi connectivity index (χ4v) is 2.47. The summed E-state index contributed by atoms with van der Waals surface area (Å²) in [5.74, 6) is 0. The Morgan fingerprint density at radius 3 is 3.00 bits per heavy atom. The Balaban J connectivity index is 1.84. The first kappa shape index (κ1) is 10.6. The van der Waals surface area contributed by atoms with Gasteiger partial charge in [-0.25, -0.2) is 4.98 Å². The minimum Gasteiger partial charge on any atom is -0.361 e. The highest BCUT2D eigenvalue weighted by Gasteiger charge is 2.04. The van der Waals surface area contributed by atoms with Gasteiger partial charge in [-0.1, -0.05) is 18.2 Å². The van der Waals surface area contributed by atoms with E-state index in [2.05, 4.69) is 60.9 Å². The third kappa shape index (κ3) is 2.00. The lowest BCUT2D eigenvalue weighted by Gasteiger charge is -2.03. The molecule has 1 aromatic carbocycles. The van der Waals surface area contributed by atoms with Crippen LogP contribution in [0.15, 0.2) is 47.6 Å². The van der Waals surface area contributed by atoms with E-state index in [0.29, 0.717) is 0 Å². The van der Waals surface area contributed by atoms with E-state index in [4.69, 9.17) is 0 Å². The van der Waals surface area contributed by atoms with Crippen molar-refractivity contribution < 1.29 is 0 Å². The monoisotopic (exact) mass is 289 g/mol. The molecule has 2 heterocycles. The van der Waals surface area contributed by atoms with Crippen LogP contribution in [0.5, 0.6) is 0 Å². The van der Waals surface area contributed by atoms with Crippen molar-refractivity contribution >= 4 is 26.8 Å². The summed E-state index contributed by atoms with van der Waals surface area (Å²) in [5, 5.41) is 1.31. The minimum absolute atomic E-state index is 0.886. The predicted octanol–water partition coefficient (Wildman–Crippen LogP) is 3.37. The maximum atomic E-state index is 4.15. The first-order valence-electron chi connectivity index (χ1n) is 5.56. The van der Waals surface area contributed by atoms with E-state index in [1.54, 1.807) is 6.20 Å². The van der Waals surface area contributed by atoms with E-state index in [9.17, 15) is 0 Å². The van der Waals surface area contributed by atoms with Gasteiger partial charge in [-0.2, -0.15) is 0 Å². The highest BCUT2D eigenvalue weighted by molar-refractivity contribution is 9.10. The SMILES string of the molecule is Brc1nccn1CCc1c[nH]c2ccccc12. The quantitative estimate of drug-likeness (QED) is 0.788. The molecule has 17 heavy (non-hydrogen) atoms. The largest absolute Gasteiger partial charge is 0.361 e. The number of fused-ring (bicyclic) bond motifs is 1. The van der Waals surface area contributed by atoms with E-state index in [-0.39, 0.29) is 0 Å². The van der Waals surface area contributed by atoms with Crippen LogP contribution in [-0.2, 0) is 13.0 Å². The summed E-state index contributed by atoms with van der Waals surface area (Å²) in [5.41, 5.74) is 2.55. The fraction of sp³-hybridized carbons (Fsp3) is 0.154. The number of benzene rings is 1. The number of aromatic nitrogens is 3. The van der Waals surface area contributed by atoms with Gasteiger partial charge in [0.15, 0.2) is 4.73 Å². The molecule has 2 aromatic heterocycles. The van der Waals surface area contributed by atoms with Gasteiger partial charge in [0.25, 0.3) is 0 Å². The van der Waals surface area contributed by atoms with E-state index in [1.165, 1.54) is 16.5 Å². The Kier molecular flexibility index (Phi) is 2.73. The molecule has 0 saturated heterocycles. The molecule has 0 aliphatic heterocycles. The average Bonchev–Trinajstić information content (AvgIpc) is 2.93. The van der Waals surface area contributed by atoms with Crippen molar-refractivity contribution in [3.8, 4) is 0 Å². The summed E-state index contributed by atoms with van der Waals surface area (Å²) in [6, 6.07) is 8.39. The summed E-state index contributed by atoms with van der Waals surface area (Å²) < 4.78 is 2.99. The maximum Gasteiger partial charge on any atom is 0.177 e. The number of aryl methyl sites for hydroxylation is 2. The van der Waals surface area contributed by atoms with Crippen LogP contribution in [0.3, 0.4) is 0 Å². The average molecular weight is 290 g/mol. The van der Waals surface area contributed by atoms with Gasteiger partial charge >= 0.3 is 0 Å². The number of hydrogen-bond acceptors (Lipinski definition) is 1. The second-order valence-electron chi connectivity index (χ2n) is 4.00. The molecule has 0 aliphatic rings. The zero-order chi connectivity index (χ0) is 11.7. The van der Waals surface area contributed by atoms with Crippen molar-refractivity contribution in [3.63, 3.8) is 0 Å². The smallest absolute Gasteiger partial charge is 0.177 e. The van der Waals surface area contributed by atoms with Crippen molar-refractivity contribution in [2.75, 3.05) is 0 Å². The van der Waals surface area contributed by atoms with Gasteiger partial charge in [0.1, 0.15) is 0 Å². The number of para-hydroxylation sites is 1. The normalized spacial score (nSPS) is 11.1. The lowest BCUT2D eigenvalue weighted by atomic mass is 10.1. The highest BCUT2D eigenvalue weighted by atomic mass is 79.9. The molecule has 0 aliphatic carbocycles. The zero-order valence-corrected chi connectivity index (χ0v) is 10.8. The lowest BCUT2D eigenvalue weighted by molar-refractivity contribution is 0.682. The Morgan fingerprint density at radius 2 is 2.18 bits per heavy atom. The fourth-order valence-electron chi connectivity index (χ4n) is 2.06. The van der Waals surface area contributed by atoms with Gasteiger partial charge in [-0.3, -0.25) is 0 Å². The predicted molar refractivity (Wildman–Crippen MR) is 71.9 cm³/mol. The van der Waals surface area contributed by atoms with E-state index < -0.39 is 0 Å². The third-order valence-electron chi connectivity index (χ3n) is 2.96. The van der Waals surface area contributed by atoms with Crippen molar-refractivity contribution in [1.82, 2.24) is 14.5 Å². The van der Waals surface area contributed by atoms with Crippen LogP contribution in [0.1, 0.15) is 5.56 Å². The maximum absolute atomic E-state index is 4.15. The first-order chi connectivity index (χ1) is 8.34. The van der Waals surface area contributed by atoms with Crippen LogP contribution in [-0.4, -0.2) is 14.5 Å². The number of nitrogens with zero attached hydrogens (tertiary/aromatic N) is 2. The number of nitrogens with one attached hydrogen (secondary N) is 1. The minimum atomic E-state index is 0.886. The number of aromatic amines is 1. The van der Waals surface area contributed by atoms with E-state index >= 15 is 0 Å². The first-order valence-corrected chi connectivity index (χ1v) is 6.35. The standard InChI is InChI=1S/C13H12BrN3/c14-13-15-6-8-17(13)7-5-10-9-16-12-4-2-1-3-11(10)12/h1-4,6,8-9,16H,5,7H2. The summed E-state index contributed by atoms with van der Waals surface area (Å²) in [6.45, 7) is 0.933. The Labute approximate surface area is 108 Å². The highest BCUT2D eigenvalue weighted by Crippen LogP contribution is 2.19. The van der Waals surface area contributed by atoms with Crippen LogP contribution in [0.25, 0.3) is 10.9 Å². The van der Waals surface area contributed by atoms with Crippen molar-refractivity contribution in [1.29, 1.82) is 0 Å². The summed E-state index contributed by atoms with van der Waals surface area (Å²) >= 11 is 3.42. The summed E-state index contributed by atoms with van der Waals surface area (Å²) in [7, 11) is 0. The molecule has 4 heteroatoms. The zero-order valence-electron chi connectivity index (χ0n) is 9.23. The molecule has 3 aromatic rings. The van der Waals surface area contributed by atoms with Crippen LogP contribution in [0.4, 0.5) is 0 Å². The number of imidazole rings is 1. The van der Waals surface area contributed by atoms with Crippen LogP contribution in [0.2, 0.25) is 0 Å². The molecule has 0 amide bonds. The molecule has 3 rings (SSSR count). The van der Waals surface area contributed by atoms with E-state index in [0.717, 1.165) is 17.7 Å². The molecule has 1 N–H and O–H groups in total. The van der Waals surface area contributed by atoms with Crippen LogP contribution in [0, 0.1) is 0 Å². The van der Waals surface area contributed by atoms with Gasteiger partial charge in [0, 0.05) is 36.0 Å². The molecule has 0 atom stereocenters. The molecule has 0 spiro atoms. The van der Waals surface area contributed by atoms with E-state index in [1.807, 2.05) is 6.20 Å². The second kappa shape index (κ2) is 4.37. The van der Waals surface area contributed by atoms with Gasteiger partial charge in [-0.15, -0.1) is 0 Å². The number of H-pyrrole nitrogens is 1. The molecular formula is C13H12BrN3. The summed E-state index contributed by atoms with van der Waals surface area (Å²) in [6.07, 6.45) is 6.88. The molecule has 0 fully saturated rings. The molecule has 0 radical (unpaired) electrons. The van der Waals surface area contributed by atoms with Gasteiger partial charge in [-0.05, 0) is 34.0 Å². The van der Waals surface area contributed by atoms with Gasteiger partial charge in [0.2, 0.25) is 0 Å². The topological polar surface area (TPSA) is 33.6 Å². The molecule has 0 saturated carbocycles. The Morgan fingerprint density at radius 1 is 1.29 bits per heavy atom. The van der Waals surface area contributed by atoms with Crippen molar-refractivity contribution in [3.05, 3.63) is 53.2 Å². The van der Waals surface area contributed by atoms with Gasteiger partial charge < -0.3 is 9.55 Å². The van der Waals surface area contributed by atoms with Crippen molar-refractivity contribution in [2.24, 2.45) is 0 Å². The molecular weight excluding hydrogens is 278 g/mol. The third-order valence-corrected chi connectivity index (χ3v) is 3.62.